The van der Waals surface area contributed by atoms with E-state index in [1.807, 2.05) is 0 Å². The molecule has 1 atom stereocenters. The monoisotopic (exact) mass is 226 g/mol. The van der Waals surface area contributed by atoms with Gasteiger partial charge in [-0.2, -0.15) is 0 Å². The van der Waals surface area contributed by atoms with E-state index in [9.17, 15) is 13.9 Å². The third kappa shape index (κ3) is 3.01. The molecule has 1 nitrogen and oxygen atoms in total. The largest absolute Gasteiger partial charge is 0.393 e. The second-order valence-electron chi connectivity index (χ2n) is 4.53. The Morgan fingerprint density at radius 2 is 2.06 bits per heavy atom. The van der Waals surface area contributed by atoms with Gasteiger partial charge in [-0.25, -0.2) is 8.78 Å². The lowest BCUT2D eigenvalue weighted by atomic mass is 10.0. The molecule has 88 valence electrons. The number of rotatable bonds is 5. The molecule has 16 heavy (non-hydrogen) atoms. The molecular formula is C13H16F2O. The van der Waals surface area contributed by atoms with E-state index in [0.29, 0.717) is 30.7 Å². The van der Waals surface area contributed by atoms with E-state index >= 15 is 0 Å². The van der Waals surface area contributed by atoms with Crippen molar-refractivity contribution in [2.24, 2.45) is 5.92 Å². The lowest BCUT2D eigenvalue weighted by molar-refractivity contribution is 0.139. The maximum absolute atomic E-state index is 13.2. The number of aryl methyl sites for hydroxylation is 1. The molecule has 1 N–H and O–H groups in total. The minimum Gasteiger partial charge on any atom is -0.393 e. The Morgan fingerprint density at radius 3 is 2.75 bits per heavy atom. The van der Waals surface area contributed by atoms with Crippen molar-refractivity contribution >= 4 is 0 Å². The Balaban J connectivity index is 1.81. The molecule has 1 aliphatic rings. The fourth-order valence-electron chi connectivity index (χ4n) is 1.95. The Morgan fingerprint density at radius 1 is 1.31 bits per heavy atom. The summed E-state index contributed by atoms with van der Waals surface area (Å²) in [6, 6.07) is 3.51. The van der Waals surface area contributed by atoms with Crippen LogP contribution in [0.1, 0.15) is 31.2 Å². The Kier molecular flexibility index (Phi) is 3.54. The number of hydrogen-bond acceptors (Lipinski definition) is 1. The average molecular weight is 226 g/mol. The lowest BCUT2D eigenvalue weighted by Crippen LogP contribution is -2.09. The van der Waals surface area contributed by atoms with Crippen LogP contribution in [-0.4, -0.2) is 11.2 Å². The van der Waals surface area contributed by atoms with E-state index < -0.39 is 5.82 Å². The summed E-state index contributed by atoms with van der Waals surface area (Å²) in [6.45, 7) is 0. The zero-order valence-corrected chi connectivity index (χ0v) is 9.13. The van der Waals surface area contributed by atoms with Gasteiger partial charge in [0.2, 0.25) is 0 Å². The van der Waals surface area contributed by atoms with Crippen LogP contribution in [0.25, 0.3) is 0 Å². The third-order valence-corrected chi connectivity index (χ3v) is 3.12. The van der Waals surface area contributed by atoms with Gasteiger partial charge in [-0.15, -0.1) is 0 Å². The molecule has 1 unspecified atom stereocenters. The van der Waals surface area contributed by atoms with Crippen molar-refractivity contribution in [1.29, 1.82) is 0 Å². The van der Waals surface area contributed by atoms with Crippen molar-refractivity contribution in [3.8, 4) is 0 Å². The van der Waals surface area contributed by atoms with Crippen molar-refractivity contribution in [2.75, 3.05) is 0 Å². The summed E-state index contributed by atoms with van der Waals surface area (Å²) in [5.41, 5.74) is 0.406. The molecule has 0 heterocycles. The molecule has 0 amide bonds. The highest BCUT2D eigenvalue weighted by Gasteiger charge is 2.28. The molecule has 1 aromatic carbocycles. The van der Waals surface area contributed by atoms with Gasteiger partial charge in [0.1, 0.15) is 11.6 Å². The van der Waals surface area contributed by atoms with E-state index in [1.165, 1.54) is 6.07 Å². The maximum Gasteiger partial charge on any atom is 0.126 e. The van der Waals surface area contributed by atoms with E-state index in [-0.39, 0.29) is 11.9 Å². The summed E-state index contributed by atoms with van der Waals surface area (Å²) in [5.74, 6) is -0.307. The van der Waals surface area contributed by atoms with Gasteiger partial charge in [0, 0.05) is 0 Å². The molecular weight excluding hydrogens is 210 g/mol. The third-order valence-electron chi connectivity index (χ3n) is 3.12. The zero-order valence-electron chi connectivity index (χ0n) is 9.13. The van der Waals surface area contributed by atoms with Crippen LogP contribution in [0.15, 0.2) is 18.2 Å². The van der Waals surface area contributed by atoms with Crippen LogP contribution in [-0.2, 0) is 6.42 Å². The molecule has 0 saturated heterocycles. The molecule has 1 aromatic rings. The molecule has 0 aromatic heterocycles. The molecule has 0 spiro atoms. The average Bonchev–Trinajstić information content (AvgIpc) is 3.06. The van der Waals surface area contributed by atoms with Crippen LogP contribution in [0.2, 0.25) is 0 Å². The van der Waals surface area contributed by atoms with E-state index in [1.54, 1.807) is 0 Å². The zero-order chi connectivity index (χ0) is 11.5. The number of hydrogen-bond donors (Lipinski definition) is 1. The van der Waals surface area contributed by atoms with Crippen LogP contribution in [0.3, 0.4) is 0 Å². The number of halogens is 2. The van der Waals surface area contributed by atoms with Crippen molar-refractivity contribution < 1.29 is 13.9 Å². The van der Waals surface area contributed by atoms with Crippen LogP contribution in [0.5, 0.6) is 0 Å². The normalized spacial score (nSPS) is 17.4. The Labute approximate surface area is 94.1 Å². The summed E-state index contributed by atoms with van der Waals surface area (Å²) in [7, 11) is 0. The second-order valence-corrected chi connectivity index (χ2v) is 4.53. The van der Waals surface area contributed by atoms with Gasteiger partial charge in [0.15, 0.2) is 0 Å². The Bertz CT molecular complexity index is 361. The van der Waals surface area contributed by atoms with Gasteiger partial charge in [-0.3, -0.25) is 0 Å². The number of benzene rings is 1. The van der Waals surface area contributed by atoms with Crippen molar-refractivity contribution in [2.45, 2.75) is 38.2 Å². The first kappa shape index (κ1) is 11.5. The first-order chi connectivity index (χ1) is 7.66. The highest BCUT2D eigenvalue weighted by molar-refractivity contribution is 5.18. The summed E-state index contributed by atoms with van der Waals surface area (Å²) in [4.78, 5) is 0. The molecule has 3 heteroatoms. The summed E-state index contributed by atoms with van der Waals surface area (Å²) >= 11 is 0. The first-order valence-electron chi connectivity index (χ1n) is 5.79. The van der Waals surface area contributed by atoms with Crippen LogP contribution < -0.4 is 0 Å². The standard InChI is InChI=1S/C13H16F2O/c14-11-6-7-12(15)10(8-11)2-1-3-13(16)9-4-5-9/h6-9,13,16H,1-5H2. The molecule has 1 fully saturated rings. The van der Waals surface area contributed by atoms with Gasteiger partial charge >= 0.3 is 0 Å². The minimum absolute atomic E-state index is 0.253. The fourth-order valence-corrected chi connectivity index (χ4v) is 1.95. The van der Waals surface area contributed by atoms with Gasteiger partial charge in [0.05, 0.1) is 6.10 Å². The first-order valence-corrected chi connectivity index (χ1v) is 5.79. The van der Waals surface area contributed by atoms with Gasteiger partial charge in [-0.1, -0.05) is 0 Å². The minimum atomic E-state index is -0.404. The van der Waals surface area contributed by atoms with E-state index in [4.69, 9.17) is 0 Å². The fraction of sp³-hybridized carbons (Fsp3) is 0.538. The molecule has 0 aliphatic heterocycles. The van der Waals surface area contributed by atoms with Gasteiger partial charge < -0.3 is 5.11 Å². The predicted octanol–water partition coefficient (Wildman–Crippen LogP) is 3.06. The highest BCUT2D eigenvalue weighted by Crippen LogP contribution is 2.34. The SMILES string of the molecule is OC(CCCc1cc(F)ccc1F)C1CC1. The van der Waals surface area contributed by atoms with Crippen molar-refractivity contribution in [3.63, 3.8) is 0 Å². The highest BCUT2D eigenvalue weighted by atomic mass is 19.1. The topological polar surface area (TPSA) is 20.2 Å². The van der Waals surface area contributed by atoms with Crippen LogP contribution in [0.4, 0.5) is 8.78 Å². The number of aliphatic hydroxyl groups is 1. The summed E-state index contributed by atoms with van der Waals surface area (Å²) in [6.07, 6.45) is 3.84. The molecule has 2 rings (SSSR count). The predicted molar refractivity (Wildman–Crippen MR) is 58.0 cm³/mol. The molecule has 0 radical (unpaired) electrons. The van der Waals surface area contributed by atoms with Crippen molar-refractivity contribution in [1.82, 2.24) is 0 Å². The Hall–Kier alpha value is -0.960. The molecule has 1 saturated carbocycles. The molecule has 0 bridgehead atoms. The molecule has 1 aliphatic carbocycles. The lowest BCUT2D eigenvalue weighted by Gasteiger charge is -2.08. The smallest absolute Gasteiger partial charge is 0.126 e. The quantitative estimate of drug-likeness (QED) is 0.818. The second kappa shape index (κ2) is 4.91. The van der Waals surface area contributed by atoms with Crippen molar-refractivity contribution in [3.05, 3.63) is 35.4 Å². The van der Waals surface area contributed by atoms with Crippen LogP contribution >= 0.6 is 0 Å². The van der Waals surface area contributed by atoms with E-state index in [0.717, 1.165) is 25.0 Å². The summed E-state index contributed by atoms with van der Waals surface area (Å²) < 4.78 is 26.1. The van der Waals surface area contributed by atoms with Gasteiger partial charge in [0.25, 0.3) is 0 Å². The number of aliphatic hydroxyl groups excluding tert-OH is 1. The summed E-state index contributed by atoms with van der Waals surface area (Å²) in [5, 5.41) is 9.62. The maximum atomic E-state index is 13.2. The van der Waals surface area contributed by atoms with Gasteiger partial charge in [-0.05, 0) is 61.8 Å². The van der Waals surface area contributed by atoms with Crippen LogP contribution in [0, 0.1) is 17.6 Å². The van der Waals surface area contributed by atoms with E-state index in [2.05, 4.69) is 0 Å².